The number of rotatable bonds is 34. The van der Waals surface area contributed by atoms with Gasteiger partial charge in [0.15, 0.2) is 0 Å². The van der Waals surface area contributed by atoms with Crippen molar-refractivity contribution < 1.29 is 24.2 Å². The highest BCUT2D eigenvalue weighted by Crippen LogP contribution is 2.18. The second-order valence-corrected chi connectivity index (χ2v) is 12.8. The van der Waals surface area contributed by atoms with Crippen molar-refractivity contribution in [2.45, 2.75) is 168 Å². The average Bonchev–Trinajstić information content (AvgIpc) is 3.10. The molecular formula is C44H71NO5. The van der Waals surface area contributed by atoms with Gasteiger partial charge in [0.25, 0.3) is 0 Å². The smallest absolute Gasteiger partial charge is 0.322 e. The Morgan fingerprint density at radius 3 is 1.46 bits per heavy atom. The Labute approximate surface area is 306 Å². The first kappa shape index (κ1) is 46.6. The number of aliphatic carboxylic acids is 1. The van der Waals surface area contributed by atoms with E-state index in [1.54, 1.807) is 0 Å². The van der Waals surface area contributed by atoms with Gasteiger partial charge in [0.1, 0.15) is 12.6 Å². The van der Waals surface area contributed by atoms with Crippen LogP contribution in [0.1, 0.15) is 162 Å². The fraction of sp³-hybridized carbons (Fsp3) is 0.614. The highest BCUT2D eigenvalue weighted by molar-refractivity contribution is 5.80. The number of amides is 1. The van der Waals surface area contributed by atoms with E-state index in [0.29, 0.717) is 12.8 Å². The van der Waals surface area contributed by atoms with Gasteiger partial charge in [0.05, 0.1) is 0 Å². The van der Waals surface area contributed by atoms with Crippen LogP contribution in [0.5, 0.6) is 0 Å². The molecule has 50 heavy (non-hydrogen) atoms. The Hall–Kier alpha value is -3.41. The first-order valence-corrected chi connectivity index (χ1v) is 19.7. The largest absolute Gasteiger partial charge is 0.480 e. The zero-order valence-corrected chi connectivity index (χ0v) is 31.7. The summed E-state index contributed by atoms with van der Waals surface area (Å²) in [5.41, 5.74) is 0. The van der Waals surface area contributed by atoms with E-state index in [4.69, 9.17) is 9.84 Å². The molecule has 0 rings (SSSR count). The van der Waals surface area contributed by atoms with E-state index in [9.17, 15) is 14.4 Å². The van der Waals surface area contributed by atoms with Gasteiger partial charge in [-0.2, -0.15) is 0 Å². The van der Waals surface area contributed by atoms with Crippen LogP contribution in [0, 0.1) is 0 Å². The molecule has 0 aliphatic rings. The van der Waals surface area contributed by atoms with Crippen LogP contribution in [0.3, 0.4) is 0 Å². The Kier molecular flexibility index (Phi) is 35.8. The van der Waals surface area contributed by atoms with Crippen molar-refractivity contribution in [3.8, 4) is 0 Å². The van der Waals surface area contributed by atoms with Crippen LogP contribution in [-0.4, -0.2) is 35.6 Å². The van der Waals surface area contributed by atoms with E-state index in [2.05, 4.69) is 104 Å². The number of hydrogen-bond acceptors (Lipinski definition) is 4. The zero-order chi connectivity index (χ0) is 36.6. The van der Waals surface area contributed by atoms with Crippen molar-refractivity contribution in [2.75, 3.05) is 6.54 Å². The summed E-state index contributed by atoms with van der Waals surface area (Å²) < 4.78 is 5.92. The third kappa shape index (κ3) is 37.4. The summed E-state index contributed by atoms with van der Waals surface area (Å²) in [4.78, 5) is 34.8. The van der Waals surface area contributed by atoms with E-state index in [1.165, 1.54) is 32.1 Å². The molecule has 0 aromatic carbocycles. The van der Waals surface area contributed by atoms with E-state index in [-0.39, 0.29) is 24.5 Å². The number of hydrogen-bond donors (Lipinski definition) is 2. The predicted octanol–water partition coefficient (Wildman–Crippen LogP) is 12.0. The topological polar surface area (TPSA) is 92.7 Å². The Morgan fingerprint density at radius 2 is 0.980 bits per heavy atom. The van der Waals surface area contributed by atoms with Gasteiger partial charge in [-0.3, -0.25) is 14.4 Å². The van der Waals surface area contributed by atoms with Crippen molar-refractivity contribution in [1.29, 1.82) is 0 Å². The molecule has 1 amide bonds. The Morgan fingerprint density at radius 1 is 0.540 bits per heavy atom. The highest BCUT2D eigenvalue weighted by atomic mass is 16.5. The number of carbonyl (C=O) groups excluding carboxylic acids is 2. The minimum atomic E-state index is -1.03. The van der Waals surface area contributed by atoms with Crippen LogP contribution < -0.4 is 5.32 Å². The van der Waals surface area contributed by atoms with Gasteiger partial charge >= 0.3 is 11.9 Å². The van der Waals surface area contributed by atoms with Crippen LogP contribution in [0.4, 0.5) is 0 Å². The molecule has 2 N–H and O–H groups in total. The first-order chi connectivity index (χ1) is 24.5. The SMILES string of the molecule is CC/C=C\C/C=C\C/C=C\C/C=C\C/C=C\C/C=C\C/C=C\CCCC(=O)OC(CCCCCCCC)CCCCCCC(=O)NCC(=O)O. The summed E-state index contributed by atoms with van der Waals surface area (Å²) in [6.07, 6.45) is 52.8. The van der Waals surface area contributed by atoms with Gasteiger partial charge in [0, 0.05) is 12.8 Å². The molecule has 0 aromatic heterocycles. The molecule has 0 aliphatic carbocycles. The van der Waals surface area contributed by atoms with Crippen LogP contribution in [0.25, 0.3) is 0 Å². The molecule has 0 saturated carbocycles. The lowest BCUT2D eigenvalue weighted by molar-refractivity contribution is -0.150. The number of nitrogens with one attached hydrogen (secondary N) is 1. The lowest BCUT2D eigenvalue weighted by atomic mass is 10.0. The number of esters is 1. The summed E-state index contributed by atoms with van der Waals surface area (Å²) in [6.45, 7) is 4.05. The Balaban J connectivity index is 4.11. The van der Waals surface area contributed by atoms with Crippen molar-refractivity contribution in [3.05, 3.63) is 85.1 Å². The number of unbranched alkanes of at least 4 members (excludes halogenated alkanes) is 9. The summed E-state index contributed by atoms with van der Waals surface area (Å²) in [7, 11) is 0. The number of allylic oxidation sites excluding steroid dienone is 14. The van der Waals surface area contributed by atoms with Crippen molar-refractivity contribution in [2.24, 2.45) is 0 Å². The molecule has 0 aromatic rings. The number of ether oxygens (including phenoxy) is 1. The van der Waals surface area contributed by atoms with Crippen LogP contribution in [-0.2, 0) is 19.1 Å². The fourth-order valence-corrected chi connectivity index (χ4v) is 5.21. The summed E-state index contributed by atoms with van der Waals surface area (Å²) in [6, 6.07) is 0. The molecule has 6 heteroatoms. The number of carbonyl (C=O) groups is 3. The standard InChI is InChI=1S/C44H71NO5/c1-3-5-7-9-11-12-13-14-15-16-17-18-19-20-21-22-23-24-25-26-27-29-35-39-44(49)50-41(36-32-28-10-8-6-4-2)37-33-30-31-34-38-42(46)45-40-43(47)48/h5,7,11-12,14-15,17-18,20-21,23-24,26-27,41H,3-4,6,8-10,13,16,19,22,25,28-40H2,1-2H3,(H,45,46)(H,47,48)/b7-5-,12-11-,15-14-,18-17-,21-20-,24-23-,27-26-. The lowest BCUT2D eigenvalue weighted by Crippen LogP contribution is -2.28. The summed E-state index contributed by atoms with van der Waals surface area (Å²) in [5.74, 6) is -1.34. The maximum Gasteiger partial charge on any atom is 0.322 e. The van der Waals surface area contributed by atoms with Gasteiger partial charge in [-0.05, 0) is 89.9 Å². The van der Waals surface area contributed by atoms with Crippen molar-refractivity contribution >= 4 is 17.8 Å². The Bertz CT molecular complexity index is 1030. The van der Waals surface area contributed by atoms with Gasteiger partial charge in [-0.15, -0.1) is 0 Å². The first-order valence-electron chi connectivity index (χ1n) is 19.7. The molecule has 1 unspecified atom stereocenters. The van der Waals surface area contributed by atoms with Gasteiger partial charge in [0.2, 0.25) is 5.91 Å². The molecule has 282 valence electrons. The molecule has 0 saturated heterocycles. The minimum absolute atomic E-state index is 0.0313. The van der Waals surface area contributed by atoms with Crippen LogP contribution in [0.15, 0.2) is 85.1 Å². The summed E-state index contributed by atoms with van der Waals surface area (Å²) in [5, 5.41) is 11.1. The second kappa shape index (κ2) is 38.4. The monoisotopic (exact) mass is 694 g/mol. The zero-order valence-electron chi connectivity index (χ0n) is 31.7. The molecular weight excluding hydrogens is 622 g/mol. The second-order valence-electron chi connectivity index (χ2n) is 12.8. The molecule has 1 atom stereocenters. The van der Waals surface area contributed by atoms with E-state index in [0.717, 1.165) is 103 Å². The molecule has 0 heterocycles. The predicted molar refractivity (Wildman–Crippen MR) is 212 cm³/mol. The normalized spacial score (nSPS) is 13.0. The van der Waals surface area contributed by atoms with Crippen molar-refractivity contribution in [3.63, 3.8) is 0 Å². The van der Waals surface area contributed by atoms with Crippen molar-refractivity contribution in [1.82, 2.24) is 5.32 Å². The average molecular weight is 694 g/mol. The minimum Gasteiger partial charge on any atom is -0.480 e. The van der Waals surface area contributed by atoms with E-state index < -0.39 is 5.97 Å². The van der Waals surface area contributed by atoms with E-state index >= 15 is 0 Å². The highest BCUT2D eigenvalue weighted by Gasteiger charge is 2.14. The van der Waals surface area contributed by atoms with Gasteiger partial charge < -0.3 is 15.2 Å². The molecule has 0 spiro atoms. The van der Waals surface area contributed by atoms with E-state index in [1.807, 2.05) is 0 Å². The third-order valence-corrected chi connectivity index (χ3v) is 8.08. The quantitative estimate of drug-likeness (QED) is 0.0397. The van der Waals surface area contributed by atoms with Gasteiger partial charge in [-0.25, -0.2) is 0 Å². The van der Waals surface area contributed by atoms with Crippen LogP contribution >= 0.6 is 0 Å². The third-order valence-electron chi connectivity index (χ3n) is 8.08. The maximum absolute atomic E-state index is 12.6. The molecule has 6 nitrogen and oxygen atoms in total. The fourth-order valence-electron chi connectivity index (χ4n) is 5.21. The lowest BCUT2D eigenvalue weighted by Gasteiger charge is -2.18. The summed E-state index contributed by atoms with van der Waals surface area (Å²) >= 11 is 0. The maximum atomic E-state index is 12.6. The molecule has 0 radical (unpaired) electrons. The van der Waals surface area contributed by atoms with Crippen LogP contribution in [0.2, 0.25) is 0 Å². The number of carboxylic acid groups (broad SMARTS) is 1. The molecule has 0 aliphatic heterocycles. The number of carboxylic acids is 1. The molecule has 0 bridgehead atoms. The van der Waals surface area contributed by atoms with Gasteiger partial charge in [-0.1, -0.05) is 144 Å². The molecule has 0 fully saturated rings.